The number of amides is 1. The summed E-state index contributed by atoms with van der Waals surface area (Å²) in [4.78, 5) is 16.1. The van der Waals surface area contributed by atoms with E-state index < -0.39 is 0 Å². The van der Waals surface area contributed by atoms with Crippen LogP contribution in [0.1, 0.15) is 22.9 Å². The topological polar surface area (TPSA) is 105 Å². The van der Waals surface area contributed by atoms with Gasteiger partial charge in [-0.25, -0.2) is 0 Å². The minimum absolute atomic E-state index is 0.160. The molecular weight excluding hydrogens is 472 g/mol. The number of nitrogens with one attached hydrogen (secondary N) is 1. The third-order valence-electron chi connectivity index (χ3n) is 5.59. The first-order chi connectivity index (χ1) is 16.5. The number of ether oxygens (including phenoxy) is 2. The molecule has 1 N–H and O–H groups in total. The number of thiophene rings is 1. The highest BCUT2D eigenvalue weighted by Crippen LogP contribution is 2.36. The first-order valence-corrected chi connectivity index (χ1v) is 12.6. The van der Waals surface area contributed by atoms with Crippen molar-refractivity contribution < 1.29 is 14.3 Å². The van der Waals surface area contributed by atoms with Gasteiger partial charge in [-0.3, -0.25) is 4.79 Å². The molecule has 0 atom stereocenters. The van der Waals surface area contributed by atoms with E-state index in [1.165, 1.54) is 23.1 Å². The Morgan fingerprint density at radius 2 is 2.00 bits per heavy atom. The van der Waals surface area contributed by atoms with E-state index in [1.54, 1.807) is 20.3 Å². The number of hydrogen-bond donors (Lipinski definition) is 1. The molecule has 34 heavy (non-hydrogen) atoms. The molecule has 0 saturated heterocycles. The van der Waals surface area contributed by atoms with Gasteiger partial charge >= 0.3 is 0 Å². The molecule has 0 fully saturated rings. The summed E-state index contributed by atoms with van der Waals surface area (Å²) in [5, 5.41) is 22.5. The highest BCUT2D eigenvalue weighted by Gasteiger charge is 2.24. The predicted octanol–water partition coefficient (Wildman–Crippen LogP) is 3.63. The molecule has 1 amide bonds. The second-order valence-electron chi connectivity index (χ2n) is 7.80. The summed E-state index contributed by atoms with van der Waals surface area (Å²) < 4.78 is 12.7. The number of nitriles is 1. The number of hydrogen-bond acceptors (Lipinski definition) is 9. The Hall–Kier alpha value is -3.07. The van der Waals surface area contributed by atoms with Crippen LogP contribution in [-0.2, 0) is 24.3 Å². The van der Waals surface area contributed by atoms with Gasteiger partial charge in [0.1, 0.15) is 22.6 Å². The number of nitrogens with zero attached hydrogens (tertiary/aromatic N) is 5. The van der Waals surface area contributed by atoms with E-state index in [4.69, 9.17) is 9.47 Å². The number of benzene rings is 1. The maximum absolute atomic E-state index is 12.7. The van der Waals surface area contributed by atoms with Crippen molar-refractivity contribution in [3.8, 4) is 29.0 Å². The standard InChI is InChI=1S/C23H26N6O3S2/c1-5-29-21(14-8-15(31-3)10-16(9-14)32-4)26-27-23(29)33-13-20(30)25-22-18(11-24)17-6-7-28(2)12-19(17)34-22/h8-10H,5-7,12-13H2,1-4H3,(H,25,30). The first kappa shape index (κ1) is 24.1. The zero-order valence-electron chi connectivity index (χ0n) is 19.5. The van der Waals surface area contributed by atoms with Crippen LogP contribution in [0.3, 0.4) is 0 Å². The number of thioether (sulfide) groups is 1. The van der Waals surface area contributed by atoms with Gasteiger partial charge in [0, 0.05) is 36.1 Å². The van der Waals surface area contributed by atoms with E-state index in [0.29, 0.717) is 39.6 Å². The molecule has 2 aromatic heterocycles. The lowest BCUT2D eigenvalue weighted by atomic mass is 10.0. The molecule has 3 aromatic rings. The van der Waals surface area contributed by atoms with E-state index in [9.17, 15) is 10.1 Å². The monoisotopic (exact) mass is 498 g/mol. The average Bonchev–Trinajstić information content (AvgIpc) is 3.41. The molecule has 1 aliphatic rings. The molecular formula is C23H26N6O3S2. The zero-order chi connectivity index (χ0) is 24.2. The molecule has 0 aliphatic carbocycles. The van der Waals surface area contributed by atoms with Gasteiger partial charge in [0.2, 0.25) is 5.91 Å². The van der Waals surface area contributed by atoms with Crippen LogP contribution in [0.2, 0.25) is 0 Å². The van der Waals surface area contributed by atoms with Crippen molar-refractivity contribution in [3.63, 3.8) is 0 Å². The summed E-state index contributed by atoms with van der Waals surface area (Å²) in [6, 6.07) is 7.83. The Kier molecular flexibility index (Phi) is 7.41. The van der Waals surface area contributed by atoms with Crippen LogP contribution in [-0.4, -0.2) is 59.1 Å². The van der Waals surface area contributed by atoms with E-state index >= 15 is 0 Å². The molecule has 178 valence electrons. The van der Waals surface area contributed by atoms with E-state index in [-0.39, 0.29) is 11.7 Å². The number of carbonyl (C=O) groups is 1. The highest BCUT2D eigenvalue weighted by atomic mass is 32.2. The Balaban J connectivity index is 1.49. The zero-order valence-corrected chi connectivity index (χ0v) is 21.2. The Morgan fingerprint density at radius 1 is 1.26 bits per heavy atom. The van der Waals surface area contributed by atoms with Gasteiger partial charge in [-0.15, -0.1) is 21.5 Å². The molecule has 0 saturated carbocycles. The summed E-state index contributed by atoms with van der Waals surface area (Å²) in [6.07, 6.45) is 0.827. The van der Waals surface area contributed by atoms with Crippen LogP contribution in [0.15, 0.2) is 23.4 Å². The Labute approximate surface area is 206 Å². The third kappa shape index (κ3) is 4.89. The predicted molar refractivity (Wildman–Crippen MR) is 133 cm³/mol. The second kappa shape index (κ2) is 10.5. The first-order valence-electron chi connectivity index (χ1n) is 10.8. The van der Waals surface area contributed by atoms with E-state index in [2.05, 4.69) is 33.5 Å². The lowest BCUT2D eigenvalue weighted by Crippen LogP contribution is -2.25. The van der Waals surface area contributed by atoms with Gasteiger partial charge in [0.05, 0.1) is 25.5 Å². The van der Waals surface area contributed by atoms with Gasteiger partial charge in [-0.1, -0.05) is 11.8 Å². The minimum atomic E-state index is -0.177. The average molecular weight is 499 g/mol. The summed E-state index contributed by atoms with van der Waals surface area (Å²) in [6.45, 7) is 4.35. The largest absolute Gasteiger partial charge is 0.497 e. The molecule has 0 bridgehead atoms. The van der Waals surface area contributed by atoms with E-state index in [0.717, 1.165) is 35.5 Å². The van der Waals surface area contributed by atoms with Gasteiger partial charge < -0.3 is 24.3 Å². The van der Waals surface area contributed by atoms with Crippen molar-refractivity contribution in [2.45, 2.75) is 31.6 Å². The summed E-state index contributed by atoms with van der Waals surface area (Å²) in [7, 11) is 5.26. The number of rotatable bonds is 8. The second-order valence-corrected chi connectivity index (χ2v) is 9.84. The molecule has 0 radical (unpaired) electrons. The maximum Gasteiger partial charge on any atom is 0.235 e. The van der Waals surface area contributed by atoms with Crippen LogP contribution >= 0.6 is 23.1 Å². The Bertz CT molecular complexity index is 1220. The smallest absolute Gasteiger partial charge is 0.235 e. The summed E-state index contributed by atoms with van der Waals surface area (Å²) in [5.74, 6) is 1.97. The highest BCUT2D eigenvalue weighted by molar-refractivity contribution is 7.99. The number of likely N-dealkylation sites (N-methyl/N-ethyl adjacent to an activating group) is 1. The number of carbonyl (C=O) groups excluding carboxylic acids is 1. The number of methoxy groups -OCH3 is 2. The molecule has 4 rings (SSSR count). The van der Waals surface area contributed by atoms with Crippen molar-refractivity contribution in [2.75, 3.05) is 38.9 Å². The SMILES string of the molecule is CCn1c(SCC(=O)Nc2sc3c(c2C#N)CCN(C)C3)nnc1-c1cc(OC)cc(OC)c1. The summed E-state index contributed by atoms with van der Waals surface area (Å²) in [5.41, 5.74) is 2.48. The number of anilines is 1. The van der Waals surface area contributed by atoms with Crippen molar-refractivity contribution in [1.29, 1.82) is 5.26 Å². The van der Waals surface area contributed by atoms with Crippen LogP contribution in [0, 0.1) is 11.3 Å². The molecule has 0 spiro atoms. The van der Waals surface area contributed by atoms with Crippen molar-refractivity contribution >= 4 is 34.0 Å². The molecule has 11 heteroatoms. The molecule has 9 nitrogen and oxygen atoms in total. The van der Waals surface area contributed by atoms with Crippen molar-refractivity contribution in [2.24, 2.45) is 0 Å². The fraction of sp³-hybridized carbons (Fsp3) is 0.391. The number of aromatic nitrogens is 3. The summed E-state index contributed by atoms with van der Waals surface area (Å²) >= 11 is 2.81. The van der Waals surface area contributed by atoms with Crippen molar-refractivity contribution in [1.82, 2.24) is 19.7 Å². The quantitative estimate of drug-likeness (QED) is 0.470. The molecule has 0 unspecified atom stereocenters. The normalized spacial score (nSPS) is 13.3. The lowest BCUT2D eigenvalue weighted by molar-refractivity contribution is -0.113. The fourth-order valence-corrected chi connectivity index (χ4v) is 5.96. The van der Waals surface area contributed by atoms with Gasteiger partial charge in [0.15, 0.2) is 11.0 Å². The number of fused-ring (bicyclic) bond motifs is 1. The van der Waals surface area contributed by atoms with Gasteiger partial charge in [-0.05, 0) is 38.1 Å². The lowest BCUT2D eigenvalue weighted by Gasteiger charge is -2.21. The van der Waals surface area contributed by atoms with Gasteiger partial charge in [0.25, 0.3) is 0 Å². The van der Waals surface area contributed by atoms with Crippen molar-refractivity contribution in [3.05, 3.63) is 34.2 Å². The minimum Gasteiger partial charge on any atom is -0.497 e. The molecule has 1 aliphatic heterocycles. The van der Waals surface area contributed by atoms with Crippen LogP contribution in [0.5, 0.6) is 11.5 Å². The van der Waals surface area contributed by atoms with Gasteiger partial charge in [-0.2, -0.15) is 5.26 Å². The fourth-order valence-electron chi connectivity index (χ4n) is 3.86. The van der Waals surface area contributed by atoms with Crippen LogP contribution < -0.4 is 14.8 Å². The molecule has 3 heterocycles. The van der Waals surface area contributed by atoms with Crippen LogP contribution in [0.25, 0.3) is 11.4 Å². The Morgan fingerprint density at radius 3 is 2.65 bits per heavy atom. The maximum atomic E-state index is 12.7. The molecule has 1 aromatic carbocycles. The van der Waals surface area contributed by atoms with E-state index in [1.807, 2.05) is 23.6 Å². The third-order valence-corrected chi connectivity index (χ3v) is 7.69. The van der Waals surface area contributed by atoms with Crippen LogP contribution in [0.4, 0.5) is 5.00 Å².